The number of ether oxygens (including phenoxy) is 3. The normalized spacial score (nSPS) is 28.7. The fourth-order valence-electron chi connectivity index (χ4n) is 6.25. The number of halogens is 3. The van der Waals surface area contributed by atoms with Crippen molar-refractivity contribution in [2.24, 2.45) is 5.73 Å². The highest BCUT2D eigenvalue weighted by Crippen LogP contribution is 2.65. The van der Waals surface area contributed by atoms with Gasteiger partial charge >= 0.3 is 24.1 Å². The van der Waals surface area contributed by atoms with Gasteiger partial charge in [-0.3, -0.25) is 9.59 Å². The summed E-state index contributed by atoms with van der Waals surface area (Å²) in [5.41, 5.74) is 5.03. The number of hydrogen-bond donors (Lipinski definition) is 4. The number of nitrogens with zero attached hydrogens (tertiary/aromatic N) is 1. The van der Waals surface area contributed by atoms with Crippen LogP contribution in [0.15, 0.2) is 24.0 Å². The van der Waals surface area contributed by atoms with Gasteiger partial charge in [0.25, 0.3) is 0 Å². The van der Waals surface area contributed by atoms with Crippen LogP contribution >= 0.6 is 0 Å². The predicted octanol–water partition coefficient (Wildman–Crippen LogP) is 1.91. The summed E-state index contributed by atoms with van der Waals surface area (Å²) < 4.78 is 48.9. The van der Waals surface area contributed by atoms with Crippen molar-refractivity contribution in [2.75, 3.05) is 13.6 Å². The first-order valence-corrected chi connectivity index (χ1v) is 13.0. The molecule has 2 heterocycles. The van der Waals surface area contributed by atoms with Crippen LogP contribution in [0.3, 0.4) is 0 Å². The summed E-state index contributed by atoms with van der Waals surface area (Å²) in [6, 6.07) is 2.20. The quantitative estimate of drug-likeness (QED) is 0.380. The summed E-state index contributed by atoms with van der Waals surface area (Å²) in [6.45, 7) is 5.90. The summed E-state index contributed by atoms with van der Waals surface area (Å²) in [5, 5.41) is 29.8. The number of alkyl halides is 3. The molecule has 1 saturated heterocycles. The summed E-state index contributed by atoms with van der Waals surface area (Å²) in [7, 11) is 2.00. The zero-order valence-electron chi connectivity index (χ0n) is 22.9. The topological polar surface area (TPSA) is 169 Å². The predicted molar refractivity (Wildman–Crippen MR) is 135 cm³/mol. The Labute approximate surface area is 233 Å². The molecule has 0 amide bonds. The molecule has 2 bridgehead atoms. The van der Waals surface area contributed by atoms with Crippen molar-refractivity contribution in [2.45, 2.75) is 87.4 Å². The lowest BCUT2D eigenvalue weighted by Crippen LogP contribution is -2.74. The monoisotopic (exact) mass is 586 g/mol. The number of aliphatic carboxylic acids is 1. The Balaban J connectivity index is 0.000000493. The molecule has 1 aromatic carbocycles. The average molecular weight is 587 g/mol. The maximum absolute atomic E-state index is 12.8. The maximum atomic E-state index is 12.8. The molecule has 41 heavy (non-hydrogen) atoms. The molecule has 0 unspecified atom stereocenters. The Morgan fingerprint density at radius 2 is 1.88 bits per heavy atom. The summed E-state index contributed by atoms with van der Waals surface area (Å²) in [5.74, 6) is -3.50. The second kappa shape index (κ2) is 10.2. The van der Waals surface area contributed by atoms with Gasteiger partial charge in [-0.25, -0.2) is 4.79 Å². The highest BCUT2D eigenvalue weighted by Gasteiger charge is 2.72. The van der Waals surface area contributed by atoms with Crippen molar-refractivity contribution in [1.82, 2.24) is 4.90 Å². The zero-order valence-corrected chi connectivity index (χ0v) is 22.9. The van der Waals surface area contributed by atoms with Crippen LogP contribution in [-0.2, 0) is 35.7 Å². The number of phenols is 1. The summed E-state index contributed by atoms with van der Waals surface area (Å²) in [4.78, 5) is 36.0. The SMILES string of the molecule is CN1CC[C@]23c4c5ccc(O)c4O[C@H]2C(OC(=O)C[C@H](N)C(=O)OC(C)(C)C)=CC[C@@]3(O)[C@H]1C5.O=C(O)C(F)(F)F. The number of hydrogen-bond acceptors (Lipinski definition) is 10. The first-order valence-electron chi connectivity index (χ1n) is 13.0. The molecule has 1 spiro atoms. The van der Waals surface area contributed by atoms with Gasteiger partial charge in [0.15, 0.2) is 17.6 Å². The lowest BCUT2D eigenvalue weighted by Gasteiger charge is -2.61. The number of rotatable bonds is 4. The number of carbonyl (C=O) groups is 3. The van der Waals surface area contributed by atoms with E-state index >= 15 is 0 Å². The molecule has 2 aliphatic carbocycles. The molecule has 226 valence electrons. The Morgan fingerprint density at radius 1 is 1.24 bits per heavy atom. The first-order chi connectivity index (χ1) is 18.8. The second-order valence-corrected chi connectivity index (χ2v) is 11.7. The van der Waals surface area contributed by atoms with Crippen LogP contribution in [0.4, 0.5) is 13.2 Å². The van der Waals surface area contributed by atoms with Crippen molar-refractivity contribution in [1.29, 1.82) is 0 Å². The molecule has 1 aromatic rings. The molecule has 0 radical (unpaired) electrons. The molecular weight excluding hydrogens is 553 g/mol. The van der Waals surface area contributed by atoms with E-state index in [2.05, 4.69) is 4.90 Å². The highest BCUT2D eigenvalue weighted by molar-refractivity contribution is 5.83. The van der Waals surface area contributed by atoms with Crippen molar-refractivity contribution in [3.05, 3.63) is 35.1 Å². The van der Waals surface area contributed by atoms with Gasteiger partial charge in [0.1, 0.15) is 17.4 Å². The van der Waals surface area contributed by atoms with Crippen LogP contribution in [0.2, 0.25) is 0 Å². The van der Waals surface area contributed by atoms with E-state index < -0.39 is 52.8 Å². The molecule has 1 fully saturated rings. The van der Waals surface area contributed by atoms with Crippen molar-refractivity contribution < 1.29 is 57.1 Å². The molecule has 0 aromatic heterocycles. The Hall–Kier alpha value is -3.36. The molecule has 4 aliphatic rings. The summed E-state index contributed by atoms with van der Waals surface area (Å²) in [6.07, 6.45) is -3.02. The summed E-state index contributed by atoms with van der Waals surface area (Å²) >= 11 is 0. The number of carboxylic acids is 1. The molecule has 5 atom stereocenters. The Morgan fingerprint density at radius 3 is 2.46 bits per heavy atom. The van der Waals surface area contributed by atoms with Gasteiger partial charge in [-0.05, 0) is 64.9 Å². The van der Waals surface area contributed by atoms with E-state index in [1.54, 1.807) is 32.9 Å². The van der Waals surface area contributed by atoms with Crippen molar-refractivity contribution >= 4 is 17.9 Å². The first kappa shape index (κ1) is 30.6. The molecule has 2 aliphatic heterocycles. The third-order valence-corrected chi connectivity index (χ3v) is 7.92. The Bertz CT molecular complexity index is 1290. The third-order valence-electron chi connectivity index (χ3n) is 7.92. The van der Waals surface area contributed by atoms with Crippen LogP contribution in [0.25, 0.3) is 0 Å². The standard InChI is InChI=1S/C25H32N2O7.C2HF3O2/c1-23(2,3)34-22(30)14(26)12-18(29)32-16-7-8-25(31)17-11-13-5-6-15(28)20-19(13)24(25,21(16)33-20)9-10-27(17)4;3-2(4,5)1(6)7/h5-7,14,17,21,28,31H,8-12,26H2,1-4H3;(H,6,7)/t14-,17+,21-,24-,25+;/m0./s1. The van der Waals surface area contributed by atoms with Gasteiger partial charge < -0.3 is 40.2 Å². The van der Waals surface area contributed by atoms with Crippen LogP contribution in [0.5, 0.6) is 11.5 Å². The van der Waals surface area contributed by atoms with E-state index in [0.717, 1.165) is 17.7 Å². The molecule has 5 rings (SSSR count). The lowest BCUT2D eigenvalue weighted by atomic mass is 9.50. The number of carbonyl (C=O) groups excluding carboxylic acids is 2. The van der Waals surface area contributed by atoms with E-state index in [1.165, 1.54) is 0 Å². The fourth-order valence-corrected chi connectivity index (χ4v) is 6.25. The van der Waals surface area contributed by atoms with Gasteiger partial charge in [-0.15, -0.1) is 0 Å². The number of aromatic hydroxyl groups is 1. The number of piperidine rings is 1. The highest BCUT2D eigenvalue weighted by atomic mass is 19.4. The van der Waals surface area contributed by atoms with Crippen molar-refractivity contribution in [3.8, 4) is 11.5 Å². The molecule has 5 N–H and O–H groups in total. The van der Waals surface area contributed by atoms with Gasteiger partial charge in [0.2, 0.25) is 0 Å². The van der Waals surface area contributed by atoms with Crippen LogP contribution < -0.4 is 10.5 Å². The largest absolute Gasteiger partial charge is 0.504 e. The number of esters is 2. The van der Waals surface area contributed by atoms with E-state index in [4.69, 9.17) is 29.8 Å². The van der Waals surface area contributed by atoms with Crippen LogP contribution in [-0.4, -0.2) is 87.3 Å². The van der Waals surface area contributed by atoms with Gasteiger partial charge in [0, 0.05) is 18.0 Å². The third kappa shape index (κ3) is 5.24. The number of carboxylic acid groups (broad SMARTS) is 1. The maximum Gasteiger partial charge on any atom is 0.490 e. The number of benzene rings is 1. The smallest absolute Gasteiger partial charge is 0.490 e. The molecular formula is C27H33F3N2O9. The number of likely N-dealkylation sites (N-methyl/N-ethyl adjacent to an activating group) is 1. The minimum Gasteiger partial charge on any atom is -0.504 e. The number of likely N-dealkylation sites (tertiary alicyclic amines) is 1. The molecule has 14 heteroatoms. The molecule has 11 nitrogen and oxygen atoms in total. The van der Waals surface area contributed by atoms with E-state index in [1.807, 2.05) is 13.1 Å². The van der Waals surface area contributed by atoms with Gasteiger partial charge in [-0.1, -0.05) is 6.07 Å². The number of aliphatic hydroxyl groups is 1. The van der Waals surface area contributed by atoms with Crippen molar-refractivity contribution in [3.63, 3.8) is 0 Å². The number of nitrogens with two attached hydrogens (primary N) is 1. The van der Waals surface area contributed by atoms with E-state index in [-0.39, 0.29) is 30.4 Å². The van der Waals surface area contributed by atoms with Crippen LogP contribution in [0.1, 0.15) is 51.2 Å². The van der Waals surface area contributed by atoms with Gasteiger partial charge in [0.05, 0.1) is 17.4 Å². The van der Waals surface area contributed by atoms with Crippen LogP contribution in [0, 0.1) is 0 Å². The van der Waals surface area contributed by atoms with E-state index in [0.29, 0.717) is 18.6 Å². The lowest BCUT2D eigenvalue weighted by molar-refractivity contribution is -0.192. The fraction of sp³-hybridized carbons (Fsp3) is 0.593. The zero-order chi connectivity index (χ0) is 30.7. The minimum absolute atomic E-state index is 0.000113. The molecule has 0 saturated carbocycles. The minimum atomic E-state index is -5.08. The second-order valence-electron chi connectivity index (χ2n) is 11.7. The Kier molecular flexibility index (Phi) is 7.59. The van der Waals surface area contributed by atoms with Gasteiger partial charge in [-0.2, -0.15) is 13.2 Å². The average Bonchev–Trinajstić information content (AvgIpc) is 3.19. The number of phenolic OH excluding ortho intramolecular Hbond substituents is 1. The van der Waals surface area contributed by atoms with E-state index in [9.17, 15) is 33.0 Å².